The van der Waals surface area contributed by atoms with Crippen molar-refractivity contribution < 1.29 is 36.6 Å². The van der Waals surface area contributed by atoms with Gasteiger partial charge in [-0.05, 0) is 83.5 Å². The van der Waals surface area contributed by atoms with Gasteiger partial charge in [-0.1, -0.05) is 6.07 Å². The van der Waals surface area contributed by atoms with Crippen LogP contribution in [0.1, 0.15) is 45.8 Å². The van der Waals surface area contributed by atoms with Gasteiger partial charge in [0, 0.05) is 56.1 Å². The average molecular weight is 719 g/mol. The van der Waals surface area contributed by atoms with Gasteiger partial charge in [-0.25, -0.2) is 13.8 Å². The van der Waals surface area contributed by atoms with Crippen LogP contribution < -0.4 is 9.64 Å². The number of amides is 1. The summed E-state index contributed by atoms with van der Waals surface area (Å²) in [6, 6.07) is 12.8. The number of anilines is 1. The molecule has 2 N–H and O–H groups in total. The van der Waals surface area contributed by atoms with Gasteiger partial charge in [0.15, 0.2) is 0 Å². The molecule has 5 heterocycles. The predicted octanol–water partition coefficient (Wildman–Crippen LogP) is 6.66. The molecule has 3 aromatic heterocycles. The minimum Gasteiger partial charge on any atom is -0.491 e. The number of hydrogen-bond donors (Lipinski definition) is 2. The Kier molecular flexibility index (Phi) is 8.92. The zero-order valence-electron chi connectivity index (χ0n) is 28.0. The number of benzene rings is 2. The average Bonchev–Trinajstić information content (AvgIpc) is 3.90. The van der Waals surface area contributed by atoms with Crippen molar-refractivity contribution in [1.82, 2.24) is 24.8 Å². The van der Waals surface area contributed by atoms with Crippen LogP contribution in [0.4, 0.5) is 27.6 Å². The van der Waals surface area contributed by atoms with Crippen LogP contribution in [0.3, 0.4) is 0 Å². The molecular formula is C38H35F5N6O3. The number of ether oxygens (including phenoxy) is 1. The van der Waals surface area contributed by atoms with E-state index in [2.05, 4.69) is 19.9 Å². The van der Waals surface area contributed by atoms with E-state index < -0.39 is 36.9 Å². The number of hydrogen-bond acceptors (Lipinski definition) is 7. The lowest BCUT2D eigenvalue weighted by atomic mass is 9.95. The number of H-pyrrole nitrogens is 1. The van der Waals surface area contributed by atoms with Crippen LogP contribution in [-0.4, -0.2) is 87.8 Å². The quantitative estimate of drug-likeness (QED) is 0.173. The Morgan fingerprint density at radius 3 is 2.42 bits per heavy atom. The van der Waals surface area contributed by atoms with Gasteiger partial charge < -0.3 is 19.7 Å². The molecule has 8 rings (SSSR count). The molecule has 2 fully saturated rings. The molecular weight excluding hydrogens is 683 g/mol. The van der Waals surface area contributed by atoms with E-state index in [1.807, 2.05) is 18.2 Å². The van der Waals surface area contributed by atoms with Crippen molar-refractivity contribution in [2.75, 3.05) is 50.8 Å². The Morgan fingerprint density at radius 2 is 1.71 bits per heavy atom. The Hall–Kier alpha value is -4.92. The summed E-state index contributed by atoms with van der Waals surface area (Å²) < 4.78 is 75.0. The van der Waals surface area contributed by atoms with Crippen molar-refractivity contribution in [3.63, 3.8) is 0 Å². The fourth-order valence-electron chi connectivity index (χ4n) is 7.25. The second-order valence-corrected chi connectivity index (χ2v) is 13.6. The second kappa shape index (κ2) is 13.6. The van der Waals surface area contributed by atoms with Crippen molar-refractivity contribution in [2.24, 2.45) is 0 Å². The monoisotopic (exact) mass is 718 g/mol. The number of pyridine rings is 2. The van der Waals surface area contributed by atoms with Crippen LogP contribution in [0.5, 0.6) is 5.75 Å². The highest BCUT2D eigenvalue weighted by atomic mass is 19.4. The van der Waals surface area contributed by atoms with E-state index in [1.54, 1.807) is 24.5 Å². The molecule has 1 saturated heterocycles. The largest absolute Gasteiger partial charge is 0.491 e. The van der Waals surface area contributed by atoms with Crippen LogP contribution in [0.25, 0.3) is 33.5 Å². The van der Waals surface area contributed by atoms with Crippen LogP contribution in [0.2, 0.25) is 0 Å². The summed E-state index contributed by atoms with van der Waals surface area (Å²) in [6.07, 6.45) is 0.993. The molecule has 1 aliphatic carbocycles. The topological polar surface area (TPSA) is 97.8 Å². The Bertz CT molecular complexity index is 2140. The SMILES string of the molecule is O=C1c2c(F)cc(C3CC3)cc2OCCN1c1cc(F)cc(-c2ccnc3[nH]c(-c4ccc(CN5CCN(CC(F)(F)F)CC5)cn4)cc23)c1CO. The molecule has 270 valence electrons. The van der Waals surface area contributed by atoms with E-state index in [1.165, 1.54) is 28.0 Å². The van der Waals surface area contributed by atoms with Gasteiger partial charge in [0.25, 0.3) is 5.91 Å². The van der Waals surface area contributed by atoms with Gasteiger partial charge >= 0.3 is 6.18 Å². The summed E-state index contributed by atoms with van der Waals surface area (Å²) in [5.41, 5.74) is 4.53. The number of nitrogens with zero attached hydrogens (tertiary/aromatic N) is 5. The third kappa shape index (κ3) is 6.85. The molecule has 9 nitrogen and oxygen atoms in total. The number of aromatic amines is 1. The summed E-state index contributed by atoms with van der Waals surface area (Å²) in [5.74, 6) is -1.61. The first kappa shape index (κ1) is 34.2. The number of aliphatic hydroxyl groups is 1. The van der Waals surface area contributed by atoms with E-state index in [-0.39, 0.29) is 41.6 Å². The predicted molar refractivity (Wildman–Crippen MR) is 184 cm³/mol. The van der Waals surface area contributed by atoms with Crippen LogP contribution >= 0.6 is 0 Å². The maximum Gasteiger partial charge on any atom is 0.401 e. The lowest BCUT2D eigenvalue weighted by Gasteiger charge is -2.34. The first-order chi connectivity index (χ1) is 25.0. The maximum absolute atomic E-state index is 15.5. The van der Waals surface area contributed by atoms with E-state index in [0.29, 0.717) is 66.3 Å². The first-order valence-electron chi connectivity index (χ1n) is 17.2. The molecule has 0 radical (unpaired) electrons. The Labute approximate surface area is 295 Å². The third-order valence-corrected chi connectivity index (χ3v) is 9.99. The van der Waals surface area contributed by atoms with Crippen molar-refractivity contribution in [1.29, 1.82) is 0 Å². The number of halogens is 5. The summed E-state index contributed by atoms with van der Waals surface area (Å²) in [7, 11) is 0. The molecule has 1 amide bonds. The summed E-state index contributed by atoms with van der Waals surface area (Å²) in [5, 5.41) is 11.3. The number of aromatic nitrogens is 3. The molecule has 1 saturated carbocycles. The highest BCUT2D eigenvalue weighted by Crippen LogP contribution is 2.44. The molecule has 2 aliphatic heterocycles. The third-order valence-electron chi connectivity index (χ3n) is 9.99. The Balaban J connectivity index is 1.06. The normalized spacial score (nSPS) is 17.3. The number of carbonyl (C=O) groups is 1. The fraction of sp³-hybridized carbons (Fsp3) is 0.342. The lowest BCUT2D eigenvalue weighted by molar-refractivity contribution is -0.149. The van der Waals surface area contributed by atoms with E-state index in [0.717, 1.165) is 24.0 Å². The summed E-state index contributed by atoms with van der Waals surface area (Å²) in [4.78, 5) is 31.0. The van der Waals surface area contributed by atoms with Gasteiger partial charge in [-0.15, -0.1) is 0 Å². The summed E-state index contributed by atoms with van der Waals surface area (Å²) in [6.45, 7) is 0.924. The highest BCUT2D eigenvalue weighted by Gasteiger charge is 2.34. The smallest absolute Gasteiger partial charge is 0.401 e. The second-order valence-electron chi connectivity index (χ2n) is 13.6. The van der Waals surface area contributed by atoms with Crippen LogP contribution in [0, 0.1) is 11.6 Å². The molecule has 5 aromatic rings. The van der Waals surface area contributed by atoms with E-state index in [9.17, 15) is 23.1 Å². The van der Waals surface area contributed by atoms with Crippen LogP contribution in [0.15, 0.2) is 60.9 Å². The minimum absolute atomic E-state index is 0.0115. The number of carbonyl (C=O) groups excluding carboxylic acids is 1. The minimum atomic E-state index is -4.21. The van der Waals surface area contributed by atoms with Crippen molar-refractivity contribution in [2.45, 2.75) is 38.1 Å². The van der Waals surface area contributed by atoms with Gasteiger partial charge in [0.2, 0.25) is 0 Å². The van der Waals surface area contributed by atoms with E-state index >= 15 is 8.78 Å². The maximum atomic E-state index is 15.5. The van der Waals surface area contributed by atoms with Gasteiger partial charge in [0.1, 0.15) is 35.2 Å². The number of fused-ring (bicyclic) bond motifs is 2. The van der Waals surface area contributed by atoms with Crippen molar-refractivity contribution in [3.8, 4) is 28.3 Å². The molecule has 0 unspecified atom stereocenters. The summed E-state index contributed by atoms with van der Waals surface area (Å²) >= 11 is 0. The lowest BCUT2D eigenvalue weighted by Crippen LogP contribution is -2.48. The van der Waals surface area contributed by atoms with Crippen molar-refractivity contribution >= 4 is 22.6 Å². The van der Waals surface area contributed by atoms with Gasteiger partial charge in [0.05, 0.1) is 36.8 Å². The molecule has 0 bridgehead atoms. The van der Waals surface area contributed by atoms with E-state index in [4.69, 9.17) is 4.74 Å². The van der Waals surface area contributed by atoms with Gasteiger partial charge in [-0.3, -0.25) is 19.6 Å². The Morgan fingerprint density at radius 1 is 0.923 bits per heavy atom. The van der Waals surface area contributed by atoms with Crippen LogP contribution in [-0.2, 0) is 13.2 Å². The van der Waals surface area contributed by atoms with Crippen molar-refractivity contribution in [3.05, 3.63) is 94.8 Å². The molecule has 3 aliphatic rings. The molecule has 14 heteroatoms. The zero-order valence-corrected chi connectivity index (χ0v) is 28.0. The number of piperazine rings is 1. The number of rotatable bonds is 8. The standard InChI is InChI=1S/C38H35F5N6O3/c39-25-15-27(29(20-50)33(16-25)49-11-12-52-34-14-24(23-2-3-23)13-30(40)35(34)37(49)51)26-5-6-44-36-28(26)17-32(46-36)31-4-1-22(18-45-31)19-47-7-9-48(10-8-47)21-38(41,42)43/h1,4-6,13-18,23,50H,2-3,7-12,19-21H2,(H,44,46). The highest BCUT2D eigenvalue weighted by molar-refractivity contribution is 6.09. The van der Waals surface area contributed by atoms with Gasteiger partial charge in [-0.2, -0.15) is 13.2 Å². The number of nitrogens with one attached hydrogen (secondary N) is 1. The molecule has 2 aromatic carbocycles. The first-order valence-corrected chi connectivity index (χ1v) is 17.2. The molecule has 52 heavy (non-hydrogen) atoms. The molecule has 0 spiro atoms. The fourth-order valence-corrected chi connectivity index (χ4v) is 7.25. The molecule has 0 atom stereocenters. The number of alkyl halides is 3. The number of aliphatic hydroxyl groups excluding tert-OH is 1. The zero-order chi connectivity index (χ0) is 36.1.